The Hall–Kier alpha value is -2.05. The average Bonchev–Trinajstić information content (AvgIpc) is 2.85. The minimum absolute atomic E-state index is 0. The van der Waals surface area contributed by atoms with Crippen LogP contribution in [0.4, 0.5) is 19.2 Å². The van der Waals surface area contributed by atoms with Gasteiger partial charge in [-0.05, 0) is 24.2 Å². The number of hydrogen-bond acceptors (Lipinski definition) is 4. The molecule has 0 bridgehead atoms. The summed E-state index contributed by atoms with van der Waals surface area (Å²) in [5, 5.41) is 15.3. The van der Waals surface area contributed by atoms with E-state index >= 15 is 0 Å². The van der Waals surface area contributed by atoms with Crippen molar-refractivity contribution in [2.45, 2.75) is 107 Å². The molecule has 0 aliphatic rings. The van der Waals surface area contributed by atoms with Gasteiger partial charge in [0.1, 0.15) is 0 Å². The van der Waals surface area contributed by atoms with Gasteiger partial charge in [0.05, 0.1) is 0 Å². The van der Waals surface area contributed by atoms with E-state index in [0.717, 1.165) is 26.2 Å². The summed E-state index contributed by atoms with van der Waals surface area (Å²) in [7, 11) is 6.98. The third kappa shape index (κ3) is 34.1. The molecule has 0 N–H and O–H groups in total. The molecule has 0 unspecified atom stereocenters. The van der Waals surface area contributed by atoms with E-state index in [2.05, 4.69) is 21.3 Å². The molecule has 0 aromatic heterocycles. The van der Waals surface area contributed by atoms with Crippen molar-refractivity contribution in [2.75, 3.05) is 54.4 Å². The van der Waals surface area contributed by atoms with Gasteiger partial charge >= 0.3 is 25.8 Å². The molecule has 13 heteroatoms. The normalized spacial score (nSPS) is 9.46. The van der Waals surface area contributed by atoms with Gasteiger partial charge in [0.25, 0.3) is 0 Å². The summed E-state index contributed by atoms with van der Waals surface area (Å²) >= 11 is 0. The van der Waals surface area contributed by atoms with Crippen molar-refractivity contribution in [3.8, 4) is 0 Å². The Kier molecular flexibility index (Phi) is 35.0. The smallest absolute Gasteiger partial charge is 0.440 e. The van der Waals surface area contributed by atoms with Crippen LogP contribution >= 0.6 is 0 Å². The van der Waals surface area contributed by atoms with Crippen molar-refractivity contribution in [1.82, 2.24) is 19.6 Å². The Bertz CT molecular complexity index is 567. The van der Waals surface area contributed by atoms with E-state index in [4.69, 9.17) is 0 Å². The van der Waals surface area contributed by atoms with Crippen molar-refractivity contribution in [2.24, 2.45) is 0 Å². The Labute approximate surface area is 270 Å². The van der Waals surface area contributed by atoms with Crippen LogP contribution in [0, 0.1) is 0 Å². The summed E-state index contributed by atoms with van der Waals surface area (Å²) in [6.45, 7) is 25.7. The summed E-state index contributed by atoms with van der Waals surface area (Å²) in [5.74, 6) is 0. The first-order valence-corrected chi connectivity index (χ1v) is 14.1. The molecule has 0 saturated carbocycles. The quantitative estimate of drug-likeness (QED) is 0.240. The van der Waals surface area contributed by atoms with E-state index in [-0.39, 0.29) is 74.1 Å². The fraction of sp³-hybridized carbons (Fsp3) is 0.857. The van der Waals surface area contributed by atoms with Crippen LogP contribution in [0.3, 0.4) is 0 Å². The second-order valence-electron chi connectivity index (χ2n) is 10.1. The third-order valence-corrected chi connectivity index (χ3v) is 4.68. The number of hydrogen-bond donors (Lipinski definition) is 0. The van der Waals surface area contributed by atoms with E-state index < -0.39 is 0 Å². The van der Waals surface area contributed by atoms with E-state index in [0.29, 0.717) is 0 Å². The fourth-order valence-corrected chi connectivity index (χ4v) is 1.82. The first kappa shape index (κ1) is 48.7. The minimum atomic E-state index is -0.127. The summed E-state index contributed by atoms with van der Waals surface area (Å²) in [4.78, 5) is 50.1. The van der Waals surface area contributed by atoms with Crippen LogP contribution in [0.2, 0.25) is 0 Å². The molecule has 0 atom stereocenters. The van der Waals surface area contributed by atoms with Crippen LogP contribution in [0.5, 0.6) is 0 Å². The first-order chi connectivity index (χ1) is 18.3. The zero-order valence-corrected chi connectivity index (χ0v) is 32.4. The van der Waals surface area contributed by atoms with Crippen molar-refractivity contribution in [3.63, 3.8) is 0 Å². The van der Waals surface area contributed by atoms with Crippen LogP contribution in [-0.2, 0) is 25.8 Å². The minimum Gasteiger partial charge on any atom is -0.440 e. The molecule has 0 fully saturated rings. The first-order valence-electron chi connectivity index (χ1n) is 14.1. The number of urea groups is 4. The molecular formula is C28H60HfN8O4. The Morgan fingerprint density at radius 1 is 0.415 bits per heavy atom. The molecule has 0 saturated heterocycles. The molecule has 41 heavy (non-hydrogen) atoms. The van der Waals surface area contributed by atoms with Crippen LogP contribution in [0.15, 0.2) is 0 Å². The van der Waals surface area contributed by atoms with Crippen molar-refractivity contribution in [1.29, 1.82) is 0 Å². The maximum atomic E-state index is 10.9. The van der Waals surface area contributed by atoms with E-state index in [9.17, 15) is 19.2 Å². The van der Waals surface area contributed by atoms with Crippen molar-refractivity contribution >= 4 is 24.1 Å². The predicted octanol–water partition coefficient (Wildman–Crippen LogP) is 7.36. The summed E-state index contributed by atoms with van der Waals surface area (Å²) in [6.07, 6.45) is 0. The van der Waals surface area contributed by atoms with Crippen LogP contribution in [0.1, 0.15) is 83.1 Å². The van der Waals surface area contributed by atoms with Crippen molar-refractivity contribution in [3.05, 3.63) is 21.3 Å². The largest absolute Gasteiger partial charge is 4.00 e. The summed E-state index contributed by atoms with van der Waals surface area (Å²) < 4.78 is 0. The maximum Gasteiger partial charge on any atom is 4.00 e. The standard InChI is InChI=1S/4C7H16N2O.Hf/c4*1-5-9(4)7(10)8-6(2)3;/h4*6H,5H2,1-4H3,(H,8,10);/q;;;;+4/p-4. The fourth-order valence-electron chi connectivity index (χ4n) is 1.82. The number of carbonyl (C=O) groups excluding carboxylic acids is 4. The number of carbonyl (C=O) groups is 4. The molecule has 0 aliphatic carbocycles. The molecule has 0 aromatic rings. The second kappa shape index (κ2) is 29.4. The van der Waals surface area contributed by atoms with Gasteiger partial charge in [0, 0.05) is 0 Å². The van der Waals surface area contributed by atoms with Gasteiger partial charge in [-0.15, -0.1) is 0 Å². The van der Waals surface area contributed by atoms with Gasteiger partial charge in [-0.1, -0.05) is 137 Å². The van der Waals surface area contributed by atoms with Gasteiger partial charge in [-0.25, -0.2) is 0 Å². The number of amides is 8. The average molecular weight is 751 g/mol. The molecule has 0 radical (unpaired) electrons. The van der Waals surface area contributed by atoms with Crippen LogP contribution in [0.25, 0.3) is 21.3 Å². The topological polar surface area (TPSA) is 138 Å². The molecule has 0 rings (SSSR count). The molecule has 0 aromatic carbocycles. The molecule has 240 valence electrons. The molecule has 0 heterocycles. The second-order valence-corrected chi connectivity index (χ2v) is 10.1. The number of nitrogens with zero attached hydrogens (tertiary/aromatic N) is 8. The number of rotatable bonds is 8. The van der Waals surface area contributed by atoms with Gasteiger partial charge in [0.15, 0.2) is 24.1 Å². The van der Waals surface area contributed by atoms with Gasteiger partial charge in [-0.3, -0.25) is 19.2 Å². The van der Waals surface area contributed by atoms with Crippen LogP contribution in [-0.4, -0.2) is 122 Å². The molecule has 0 aliphatic heterocycles. The SMILES string of the molecule is CCN(C)C(=O)[N-]C(C)C.CCN(C)C(=O)[N-]C(C)C.CCN(C)C(=O)[N-]C(C)C.CCN(C)C(=O)[N-]C(C)C.[Hf+4]. The summed E-state index contributed by atoms with van der Waals surface area (Å²) in [5.41, 5.74) is 0. The monoisotopic (exact) mass is 752 g/mol. The van der Waals surface area contributed by atoms with E-state index in [1.165, 1.54) is 0 Å². The molecule has 0 spiro atoms. The Morgan fingerprint density at radius 2 is 0.537 bits per heavy atom. The van der Waals surface area contributed by atoms with E-state index in [1.807, 2.05) is 83.1 Å². The molecule has 8 amide bonds. The Balaban J connectivity index is -0.000000139. The summed E-state index contributed by atoms with van der Waals surface area (Å²) in [6, 6.07) is -0.115. The zero-order valence-electron chi connectivity index (χ0n) is 28.8. The van der Waals surface area contributed by atoms with Gasteiger partial charge < -0.3 is 40.9 Å². The predicted molar refractivity (Wildman–Crippen MR) is 169 cm³/mol. The van der Waals surface area contributed by atoms with Crippen molar-refractivity contribution < 1.29 is 45.0 Å². The van der Waals surface area contributed by atoms with Gasteiger partial charge in [-0.2, -0.15) is 0 Å². The van der Waals surface area contributed by atoms with Gasteiger partial charge in [0.2, 0.25) is 0 Å². The molecular weight excluding hydrogens is 691 g/mol. The third-order valence-electron chi connectivity index (χ3n) is 4.68. The van der Waals surface area contributed by atoms with E-state index in [1.54, 1.807) is 47.8 Å². The molecule has 12 nitrogen and oxygen atoms in total. The maximum absolute atomic E-state index is 10.9. The zero-order chi connectivity index (χ0) is 32.6. The Morgan fingerprint density at radius 3 is 0.610 bits per heavy atom. The van der Waals surface area contributed by atoms with Crippen LogP contribution < -0.4 is 0 Å².